The Morgan fingerprint density at radius 2 is 1.87 bits per heavy atom. The van der Waals surface area contributed by atoms with Crippen molar-refractivity contribution < 1.29 is 14.1 Å². The van der Waals surface area contributed by atoms with E-state index in [-0.39, 0.29) is 0 Å². The standard InChI is InChI=1S/C8H8Cl2NO3P/c1-14-7-4-2-6(3-5-7)8(12)11-15(9,10)13/h2-5H,1H3,(H,11,12,13). The van der Waals surface area contributed by atoms with Gasteiger partial charge in [-0.2, -0.15) is 0 Å². The van der Waals surface area contributed by atoms with Crippen LogP contribution in [0, 0.1) is 0 Å². The highest BCUT2D eigenvalue weighted by Gasteiger charge is 2.18. The lowest BCUT2D eigenvalue weighted by molar-refractivity contribution is 0.0982. The van der Waals surface area contributed by atoms with Crippen LogP contribution in [-0.4, -0.2) is 13.0 Å². The zero-order valence-corrected chi connectivity index (χ0v) is 10.1. The predicted octanol–water partition coefficient (Wildman–Crippen LogP) is 3.01. The summed E-state index contributed by atoms with van der Waals surface area (Å²) >= 11 is 10.4. The molecule has 0 unspecified atom stereocenters. The molecule has 7 heteroatoms. The van der Waals surface area contributed by atoms with Crippen LogP contribution in [0.2, 0.25) is 0 Å². The van der Waals surface area contributed by atoms with E-state index in [1.54, 1.807) is 12.1 Å². The largest absolute Gasteiger partial charge is 0.497 e. The third-order valence-corrected chi connectivity index (χ3v) is 2.55. The molecule has 0 aliphatic heterocycles. The molecular formula is C8H8Cl2NO3P. The van der Waals surface area contributed by atoms with Gasteiger partial charge in [0.15, 0.2) is 0 Å². The molecule has 0 saturated heterocycles. The average Bonchev–Trinajstić information content (AvgIpc) is 2.15. The summed E-state index contributed by atoms with van der Waals surface area (Å²) in [5.41, 5.74) is 0.303. The first-order chi connectivity index (χ1) is 6.92. The predicted molar refractivity (Wildman–Crippen MR) is 59.8 cm³/mol. The minimum absolute atomic E-state index is 0.303. The number of benzene rings is 1. The summed E-state index contributed by atoms with van der Waals surface area (Å²) in [6, 6.07) is 6.22. The smallest absolute Gasteiger partial charge is 0.345 e. The van der Waals surface area contributed by atoms with Crippen LogP contribution in [0.1, 0.15) is 10.4 Å². The second kappa shape index (κ2) is 4.88. The van der Waals surface area contributed by atoms with Gasteiger partial charge in [-0.05, 0) is 46.7 Å². The number of ether oxygens (including phenoxy) is 1. The van der Waals surface area contributed by atoms with Crippen molar-refractivity contribution in [3.05, 3.63) is 29.8 Å². The van der Waals surface area contributed by atoms with Crippen molar-refractivity contribution >= 4 is 34.4 Å². The maximum atomic E-state index is 11.4. The summed E-state index contributed by atoms with van der Waals surface area (Å²) in [6.07, 6.45) is 0. The van der Waals surface area contributed by atoms with E-state index in [2.05, 4.69) is 0 Å². The number of methoxy groups -OCH3 is 1. The fourth-order valence-corrected chi connectivity index (χ4v) is 1.75. The molecule has 1 aromatic carbocycles. The van der Waals surface area contributed by atoms with Gasteiger partial charge in [-0.3, -0.25) is 14.4 Å². The van der Waals surface area contributed by atoms with Gasteiger partial charge in [0.05, 0.1) is 7.11 Å². The van der Waals surface area contributed by atoms with E-state index < -0.39 is 11.9 Å². The summed E-state index contributed by atoms with van der Waals surface area (Å²) < 4.78 is 15.8. The van der Waals surface area contributed by atoms with Crippen LogP contribution in [0.3, 0.4) is 0 Å². The number of hydrogen-bond donors (Lipinski definition) is 1. The molecule has 0 spiro atoms. The highest BCUT2D eigenvalue weighted by atomic mass is 35.9. The zero-order chi connectivity index (χ0) is 11.5. The Kier molecular flexibility index (Phi) is 4.03. The van der Waals surface area contributed by atoms with Crippen molar-refractivity contribution in [1.29, 1.82) is 0 Å². The van der Waals surface area contributed by atoms with Gasteiger partial charge in [-0.25, -0.2) is 0 Å². The summed E-state index contributed by atoms with van der Waals surface area (Å²) in [7, 11) is 1.51. The molecule has 0 bridgehead atoms. The summed E-state index contributed by atoms with van der Waals surface area (Å²) in [5, 5.41) is 1.98. The van der Waals surface area contributed by atoms with Crippen LogP contribution < -0.4 is 9.82 Å². The maximum absolute atomic E-state index is 11.4. The van der Waals surface area contributed by atoms with Crippen LogP contribution in [0.25, 0.3) is 0 Å². The molecular weight excluding hydrogens is 260 g/mol. The molecule has 0 aliphatic rings. The molecule has 0 atom stereocenters. The number of carbonyl (C=O) groups excluding carboxylic acids is 1. The maximum Gasteiger partial charge on any atom is 0.345 e. The molecule has 1 amide bonds. The normalized spacial score (nSPS) is 10.9. The second-order valence-electron chi connectivity index (χ2n) is 2.63. The van der Waals surface area contributed by atoms with Gasteiger partial charge in [-0.1, -0.05) is 0 Å². The minimum atomic E-state index is -3.59. The second-order valence-corrected chi connectivity index (χ2v) is 7.16. The number of carbonyl (C=O) groups is 1. The van der Waals surface area contributed by atoms with Crippen molar-refractivity contribution in [3.63, 3.8) is 0 Å². The molecule has 0 aromatic heterocycles. The van der Waals surface area contributed by atoms with Crippen LogP contribution in [-0.2, 0) is 4.57 Å². The van der Waals surface area contributed by atoms with Crippen molar-refractivity contribution in [2.75, 3.05) is 7.11 Å². The number of amides is 1. The lowest BCUT2D eigenvalue weighted by Crippen LogP contribution is -2.16. The van der Waals surface area contributed by atoms with Gasteiger partial charge < -0.3 is 4.74 Å². The Morgan fingerprint density at radius 3 is 2.27 bits per heavy atom. The SMILES string of the molecule is COc1ccc(C(=O)NP(=O)(Cl)Cl)cc1. The van der Waals surface area contributed by atoms with Crippen LogP contribution in [0.15, 0.2) is 24.3 Å². The van der Waals surface area contributed by atoms with Crippen molar-refractivity contribution in [2.24, 2.45) is 0 Å². The van der Waals surface area contributed by atoms with Crippen LogP contribution in [0.4, 0.5) is 0 Å². The van der Waals surface area contributed by atoms with E-state index in [9.17, 15) is 9.36 Å². The van der Waals surface area contributed by atoms with E-state index in [0.717, 1.165) is 0 Å². The lowest BCUT2D eigenvalue weighted by Gasteiger charge is -2.05. The van der Waals surface area contributed by atoms with Crippen LogP contribution >= 0.6 is 28.5 Å². The Bertz CT molecular complexity index is 401. The number of rotatable bonds is 3. The van der Waals surface area contributed by atoms with Gasteiger partial charge in [0.2, 0.25) is 0 Å². The van der Waals surface area contributed by atoms with Crippen molar-refractivity contribution in [1.82, 2.24) is 5.09 Å². The number of halogens is 2. The third kappa shape index (κ3) is 4.12. The Morgan fingerprint density at radius 1 is 1.33 bits per heavy atom. The summed E-state index contributed by atoms with van der Waals surface area (Å²) in [4.78, 5) is 11.4. The Hall–Kier alpha value is -0.700. The summed E-state index contributed by atoms with van der Waals surface area (Å²) in [5.74, 6) is -3.57. The molecule has 15 heavy (non-hydrogen) atoms. The first-order valence-corrected chi connectivity index (χ1v) is 7.40. The Balaban J connectivity index is 2.79. The topological polar surface area (TPSA) is 55.4 Å². The molecule has 1 aromatic rings. The van der Waals surface area contributed by atoms with Crippen LogP contribution in [0.5, 0.6) is 5.75 Å². The first kappa shape index (κ1) is 12.4. The highest BCUT2D eigenvalue weighted by molar-refractivity contribution is 8.07. The molecule has 0 saturated carbocycles. The summed E-state index contributed by atoms with van der Waals surface area (Å²) in [6.45, 7) is 0. The number of nitrogens with one attached hydrogen (secondary N) is 1. The average molecular weight is 268 g/mol. The third-order valence-electron chi connectivity index (χ3n) is 1.58. The molecule has 0 fully saturated rings. The van der Waals surface area contributed by atoms with Gasteiger partial charge in [0.1, 0.15) is 5.75 Å². The Labute approximate surface area is 96.5 Å². The van der Waals surface area contributed by atoms with Crippen molar-refractivity contribution in [2.45, 2.75) is 0 Å². The fourth-order valence-electron chi connectivity index (χ4n) is 0.925. The number of hydrogen-bond acceptors (Lipinski definition) is 3. The molecule has 82 valence electrons. The fraction of sp³-hybridized carbons (Fsp3) is 0.125. The minimum Gasteiger partial charge on any atom is -0.497 e. The van der Waals surface area contributed by atoms with E-state index in [4.69, 9.17) is 27.2 Å². The van der Waals surface area contributed by atoms with E-state index in [1.165, 1.54) is 19.2 Å². The molecule has 4 nitrogen and oxygen atoms in total. The van der Waals surface area contributed by atoms with Gasteiger partial charge in [0.25, 0.3) is 5.91 Å². The lowest BCUT2D eigenvalue weighted by atomic mass is 10.2. The quantitative estimate of drug-likeness (QED) is 0.857. The first-order valence-electron chi connectivity index (χ1n) is 3.88. The van der Waals surface area contributed by atoms with Gasteiger partial charge in [-0.15, -0.1) is 0 Å². The van der Waals surface area contributed by atoms with Gasteiger partial charge in [0, 0.05) is 5.56 Å². The van der Waals surface area contributed by atoms with Gasteiger partial charge >= 0.3 is 6.00 Å². The zero-order valence-electron chi connectivity index (χ0n) is 7.74. The molecule has 0 radical (unpaired) electrons. The monoisotopic (exact) mass is 267 g/mol. The van der Waals surface area contributed by atoms with E-state index >= 15 is 0 Å². The molecule has 0 heterocycles. The molecule has 1 rings (SSSR count). The van der Waals surface area contributed by atoms with E-state index in [0.29, 0.717) is 11.3 Å². The van der Waals surface area contributed by atoms with E-state index in [1.807, 2.05) is 5.09 Å². The molecule has 0 aliphatic carbocycles. The van der Waals surface area contributed by atoms with Crippen molar-refractivity contribution in [3.8, 4) is 5.75 Å². The highest BCUT2D eigenvalue weighted by Crippen LogP contribution is 2.52. The molecule has 1 N–H and O–H groups in total.